The Labute approximate surface area is 131 Å². The first-order valence-electron chi connectivity index (χ1n) is 6.70. The molecule has 21 heavy (non-hydrogen) atoms. The van der Waals surface area contributed by atoms with E-state index in [0.29, 0.717) is 5.92 Å². The molecule has 2 rings (SSSR count). The standard InChI is InChI=1S/C17H16BrF3/c1-11(2)12-3-5-13(6-4-12)16(18)14-7-9-15(10-8-14)17(19,20)21/h3-11,16H,1-2H3. The van der Waals surface area contributed by atoms with Gasteiger partial charge in [-0.2, -0.15) is 13.2 Å². The molecule has 0 aliphatic rings. The molecule has 0 aliphatic heterocycles. The van der Waals surface area contributed by atoms with Crippen molar-refractivity contribution in [3.8, 4) is 0 Å². The highest BCUT2D eigenvalue weighted by Crippen LogP contribution is 2.34. The fraction of sp³-hybridized carbons (Fsp3) is 0.294. The van der Waals surface area contributed by atoms with Gasteiger partial charge >= 0.3 is 6.18 Å². The molecule has 112 valence electrons. The van der Waals surface area contributed by atoms with Crippen molar-refractivity contribution < 1.29 is 13.2 Å². The van der Waals surface area contributed by atoms with Crippen LogP contribution in [-0.4, -0.2) is 0 Å². The second-order valence-corrected chi connectivity index (χ2v) is 6.22. The normalized spacial score (nSPS) is 13.5. The molecule has 0 saturated heterocycles. The van der Waals surface area contributed by atoms with Crippen molar-refractivity contribution in [3.05, 3.63) is 70.8 Å². The average Bonchev–Trinajstić information content (AvgIpc) is 2.46. The van der Waals surface area contributed by atoms with Gasteiger partial charge in [-0.25, -0.2) is 0 Å². The lowest BCUT2D eigenvalue weighted by Crippen LogP contribution is -2.05. The molecule has 0 bridgehead atoms. The maximum Gasteiger partial charge on any atom is 0.416 e. The first-order chi connectivity index (χ1) is 9.79. The molecule has 0 aliphatic carbocycles. The van der Waals surface area contributed by atoms with Crippen molar-refractivity contribution in [2.45, 2.75) is 30.8 Å². The molecule has 0 N–H and O–H groups in total. The molecule has 1 unspecified atom stereocenters. The van der Waals surface area contributed by atoms with Gasteiger partial charge in [-0.05, 0) is 34.7 Å². The van der Waals surface area contributed by atoms with Crippen molar-refractivity contribution in [2.75, 3.05) is 0 Å². The molecule has 2 aromatic rings. The van der Waals surface area contributed by atoms with Gasteiger partial charge in [0, 0.05) is 0 Å². The minimum atomic E-state index is -4.29. The molecule has 2 aromatic carbocycles. The zero-order valence-corrected chi connectivity index (χ0v) is 13.4. The van der Waals surface area contributed by atoms with Gasteiger partial charge in [-0.1, -0.05) is 66.2 Å². The van der Waals surface area contributed by atoms with Crippen LogP contribution in [0, 0.1) is 0 Å². The number of hydrogen-bond donors (Lipinski definition) is 0. The second-order valence-electron chi connectivity index (χ2n) is 5.30. The fourth-order valence-electron chi connectivity index (χ4n) is 2.08. The summed E-state index contributed by atoms with van der Waals surface area (Å²) in [6.07, 6.45) is -4.29. The maximum atomic E-state index is 12.6. The van der Waals surface area contributed by atoms with E-state index in [2.05, 4.69) is 41.9 Å². The Balaban J connectivity index is 2.21. The molecule has 0 amide bonds. The fourth-order valence-corrected chi connectivity index (χ4v) is 2.69. The maximum absolute atomic E-state index is 12.6. The first kappa shape index (κ1) is 16.1. The summed E-state index contributed by atoms with van der Waals surface area (Å²) in [7, 11) is 0. The molecule has 0 radical (unpaired) electrons. The summed E-state index contributed by atoms with van der Waals surface area (Å²) in [6.45, 7) is 4.24. The second kappa shape index (κ2) is 6.22. The van der Waals surface area contributed by atoms with E-state index in [1.165, 1.54) is 17.7 Å². The summed E-state index contributed by atoms with van der Waals surface area (Å²) < 4.78 is 37.7. The molecule has 0 fully saturated rings. The first-order valence-corrected chi connectivity index (χ1v) is 7.61. The molecule has 0 saturated carbocycles. The predicted octanol–water partition coefficient (Wildman–Crippen LogP) is 6.31. The topological polar surface area (TPSA) is 0 Å². The third kappa shape index (κ3) is 3.88. The van der Waals surface area contributed by atoms with E-state index in [9.17, 15) is 13.2 Å². The summed E-state index contributed by atoms with van der Waals surface area (Å²) in [5.41, 5.74) is 2.45. The molecule has 1 atom stereocenters. The van der Waals surface area contributed by atoms with Crippen LogP contribution in [0.1, 0.15) is 46.8 Å². The van der Waals surface area contributed by atoms with Crippen LogP contribution in [0.2, 0.25) is 0 Å². The third-order valence-electron chi connectivity index (χ3n) is 3.43. The third-order valence-corrected chi connectivity index (χ3v) is 4.48. The Bertz CT molecular complexity index is 583. The Hall–Kier alpha value is -1.29. The minimum absolute atomic E-state index is 0.110. The molecular weight excluding hydrogens is 341 g/mol. The Morgan fingerprint density at radius 2 is 1.14 bits per heavy atom. The predicted molar refractivity (Wildman–Crippen MR) is 82.7 cm³/mol. The number of halogens is 4. The van der Waals surface area contributed by atoms with Crippen molar-refractivity contribution in [1.29, 1.82) is 0 Å². The molecular formula is C17H16BrF3. The van der Waals surface area contributed by atoms with Crippen LogP contribution < -0.4 is 0 Å². The van der Waals surface area contributed by atoms with E-state index in [1.54, 1.807) is 0 Å². The highest BCUT2D eigenvalue weighted by atomic mass is 79.9. The summed E-state index contributed by atoms with van der Waals surface area (Å²) >= 11 is 3.55. The van der Waals surface area contributed by atoms with E-state index in [0.717, 1.165) is 23.3 Å². The zero-order valence-electron chi connectivity index (χ0n) is 11.8. The minimum Gasteiger partial charge on any atom is -0.166 e. The van der Waals surface area contributed by atoms with Gasteiger partial charge in [0.05, 0.1) is 10.4 Å². The Kier molecular flexibility index (Phi) is 4.77. The SMILES string of the molecule is CC(C)c1ccc(C(Br)c2ccc(C(F)(F)F)cc2)cc1. The van der Waals surface area contributed by atoms with Gasteiger partial charge in [0.25, 0.3) is 0 Å². The highest BCUT2D eigenvalue weighted by Gasteiger charge is 2.30. The van der Waals surface area contributed by atoms with Crippen LogP contribution in [0.3, 0.4) is 0 Å². The van der Waals surface area contributed by atoms with Gasteiger partial charge < -0.3 is 0 Å². The summed E-state index contributed by atoms with van der Waals surface area (Å²) in [6, 6.07) is 13.4. The summed E-state index contributed by atoms with van der Waals surface area (Å²) in [5.74, 6) is 0.457. The lowest BCUT2D eigenvalue weighted by Gasteiger charge is -2.14. The van der Waals surface area contributed by atoms with E-state index in [1.807, 2.05) is 12.1 Å². The van der Waals surface area contributed by atoms with E-state index < -0.39 is 11.7 Å². The van der Waals surface area contributed by atoms with Gasteiger partial charge in [0.2, 0.25) is 0 Å². The number of hydrogen-bond acceptors (Lipinski definition) is 0. The van der Waals surface area contributed by atoms with Gasteiger partial charge in [-0.15, -0.1) is 0 Å². The quantitative estimate of drug-likeness (QED) is 0.565. The number of rotatable bonds is 3. The van der Waals surface area contributed by atoms with Crippen LogP contribution >= 0.6 is 15.9 Å². The zero-order chi connectivity index (χ0) is 15.6. The average molecular weight is 357 g/mol. The van der Waals surface area contributed by atoms with E-state index in [-0.39, 0.29) is 4.83 Å². The summed E-state index contributed by atoms with van der Waals surface area (Å²) in [4.78, 5) is -0.110. The number of benzene rings is 2. The van der Waals surface area contributed by atoms with Gasteiger partial charge in [0.1, 0.15) is 0 Å². The van der Waals surface area contributed by atoms with Crippen LogP contribution in [-0.2, 0) is 6.18 Å². The van der Waals surface area contributed by atoms with Crippen molar-refractivity contribution >= 4 is 15.9 Å². The highest BCUT2D eigenvalue weighted by molar-refractivity contribution is 9.09. The van der Waals surface area contributed by atoms with Crippen LogP contribution in [0.15, 0.2) is 48.5 Å². The monoisotopic (exact) mass is 356 g/mol. The van der Waals surface area contributed by atoms with Crippen LogP contribution in [0.4, 0.5) is 13.2 Å². The Morgan fingerprint density at radius 1 is 0.762 bits per heavy atom. The Morgan fingerprint density at radius 3 is 1.52 bits per heavy atom. The van der Waals surface area contributed by atoms with Crippen molar-refractivity contribution in [3.63, 3.8) is 0 Å². The summed E-state index contributed by atoms with van der Waals surface area (Å²) in [5, 5.41) is 0. The van der Waals surface area contributed by atoms with Crippen LogP contribution in [0.25, 0.3) is 0 Å². The lowest BCUT2D eigenvalue weighted by atomic mass is 9.98. The van der Waals surface area contributed by atoms with Crippen molar-refractivity contribution in [2.24, 2.45) is 0 Å². The van der Waals surface area contributed by atoms with Crippen LogP contribution in [0.5, 0.6) is 0 Å². The largest absolute Gasteiger partial charge is 0.416 e. The van der Waals surface area contributed by atoms with Crippen molar-refractivity contribution in [1.82, 2.24) is 0 Å². The van der Waals surface area contributed by atoms with Gasteiger partial charge in [0.15, 0.2) is 0 Å². The van der Waals surface area contributed by atoms with Gasteiger partial charge in [-0.3, -0.25) is 0 Å². The molecule has 4 heteroatoms. The molecule has 0 aromatic heterocycles. The smallest absolute Gasteiger partial charge is 0.166 e. The molecule has 0 nitrogen and oxygen atoms in total. The van der Waals surface area contributed by atoms with E-state index in [4.69, 9.17) is 0 Å². The van der Waals surface area contributed by atoms with E-state index >= 15 is 0 Å². The number of alkyl halides is 4. The molecule has 0 heterocycles. The molecule has 0 spiro atoms. The lowest BCUT2D eigenvalue weighted by molar-refractivity contribution is -0.137.